The summed E-state index contributed by atoms with van der Waals surface area (Å²) in [6, 6.07) is 11.0. The molecule has 1 unspecified atom stereocenters. The summed E-state index contributed by atoms with van der Waals surface area (Å²) in [5.41, 5.74) is 0.802. The zero-order valence-electron chi connectivity index (χ0n) is 13.7. The van der Waals surface area contributed by atoms with Gasteiger partial charge in [0.1, 0.15) is 11.5 Å². The third kappa shape index (κ3) is 3.65. The molecule has 0 aliphatic carbocycles. The lowest BCUT2D eigenvalue weighted by molar-refractivity contribution is 0.0690. The van der Waals surface area contributed by atoms with Gasteiger partial charge >= 0.3 is 5.97 Å². The van der Waals surface area contributed by atoms with Crippen LogP contribution in [0.1, 0.15) is 39.2 Å². The van der Waals surface area contributed by atoms with Crippen LogP contribution in [0.5, 0.6) is 11.5 Å². The zero-order chi connectivity index (χ0) is 17.7. The van der Waals surface area contributed by atoms with Crippen molar-refractivity contribution < 1.29 is 24.2 Å². The number of carbonyl (C=O) groups excluding carboxylic acids is 1. The first-order valence-corrected chi connectivity index (χ1v) is 7.33. The molecular formula is C18H19NO5. The van der Waals surface area contributed by atoms with E-state index >= 15 is 0 Å². The lowest BCUT2D eigenvalue weighted by atomic mass is 10.0. The van der Waals surface area contributed by atoms with Crippen molar-refractivity contribution >= 4 is 11.9 Å². The maximum absolute atomic E-state index is 12.5. The molecule has 24 heavy (non-hydrogen) atoms. The number of carboxylic acids is 1. The average Bonchev–Trinajstić information content (AvgIpc) is 2.60. The highest BCUT2D eigenvalue weighted by Gasteiger charge is 2.20. The van der Waals surface area contributed by atoms with Gasteiger partial charge in [-0.1, -0.05) is 12.1 Å². The topological polar surface area (TPSA) is 84.9 Å². The van der Waals surface area contributed by atoms with Crippen molar-refractivity contribution in [2.75, 3.05) is 14.2 Å². The number of hydrogen-bond acceptors (Lipinski definition) is 4. The highest BCUT2D eigenvalue weighted by Crippen LogP contribution is 2.29. The molecule has 0 spiro atoms. The quantitative estimate of drug-likeness (QED) is 0.851. The highest BCUT2D eigenvalue weighted by atomic mass is 16.5. The Balaban J connectivity index is 2.28. The smallest absolute Gasteiger partial charge is 0.336 e. The SMILES string of the molecule is COc1ccc(OC)c(C(C)NC(=O)c2ccccc2C(=O)O)c1. The Morgan fingerprint density at radius 1 is 1.04 bits per heavy atom. The summed E-state index contributed by atoms with van der Waals surface area (Å²) < 4.78 is 10.5. The van der Waals surface area contributed by atoms with Crippen molar-refractivity contribution in [3.8, 4) is 11.5 Å². The third-order valence-electron chi connectivity index (χ3n) is 3.65. The van der Waals surface area contributed by atoms with Crippen molar-refractivity contribution in [3.63, 3.8) is 0 Å². The van der Waals surface area contributed by atoms with Gasteiger partial charge in [0, 0.05) is 5.56 Å². The minimum absolute atomic E-state index is 0.0418. The van der Waals surface area contributed by atoms with Crippen LogP contribution in [0.15, 0.2) is 42.5 Å². The van der Waals surface area contributed by atoms with Crippen molar-refractivity contribution in [2.45, 2.75) is 13.0 Å². The van der Waals surface area contributed by atoms with E-state index in [1.807, 2.05) is 0 Å². The Labute approximate surface area is 140 Å². The molecule has 0 radical (unpaired) electrons. The molecule has 2 aromatic rings. The van der Waals surface area contributed by atoms with E-state index in [2.05, 4.69) is 5.32 Å². The van der Waals surface area contributed by atoms with Crippen LogP contribution in [-0.4, -0.2) is 31.2 Å². The Kier molecular flexibility index (Phi) is 5.42. The Hall–Kier alpha value is -3.02. The van der Waals surface area contributed by atoms with Crippen LogP contribution in [0.3, 0.4) is 0 Å². The zero-order valence-corrected chi connectivity index (χ0v) is 13.7. The second-order valence-corrected chi connectivity index (χ2v) is 5.15. The van der Waals surface area contributed by atoms with Gasteiger partial charge in [-0.3, -0.25) is 4.79 Å². The third-order valence-corrected chi connectivity index (χ3v) is 3.65. The predicted octanol–water partition coefficient (Wildman–Crippen LogP) is 2.89. The van der Waals surface area contributed by atoms with E-state index in [4.69, 9.17) is 9.47 Å². The van der Waals surface area contributed by atoms with Gasteiger partial charge in [0.15, 0.2) is 0 Å². The van der Waals surface area contributed by atoms with Crippen molar-refractivity contribution in [2.24, 2.45) is 0 Å². The van der Waals surface area contributed by atoms with Gasteiger partial charge in [-0.15, -0.1) is 0 Å². The molecule has 0 aliphatic heterocycles. The molecule has 6 heteroatoms. The minimum atomic E-state index is -1.15. The lowest BCUT2D eigenvalue weighted by Gasteiger charge is -2.18. The molecule has 0 fully saturated rings. The number of methoxy groups -OCH3 is 2. The van der Waals surface area contributed by atoms with Crippen LogP contribution in [0.2, 0.25) is 0 Å². The van der Waals surface area contributed by atoms with Gasteiger partial charge in [0.05, 0.1) is 31.4 Å². The summed E-state index contributed by atoms with van der Waals surface area (Å²) in [6.07, 6.45) is 0. The van der Waals surface area contributed by atoms with E-state index < -0.39 is 17.9 Å². The van der Waals surface area contributed by atoms with Gasteiger partial charge in [0.2, 0.25) is 0 Å². The Morgan fingerprint density at radius 3 is 2.29 bits per heavy atom. The van der Waals surface area contributed by atoms with Gasteiger partial charge in [0.25, 0.3) is 5.91 Å². The summed E-state index contributed by atoms with van der Waals surface area (Å²) in [6.45, 7) is 1.79. The van der Waals surface area contributed by atoms with E-state index in [0.717, 1.165) is 5.56 Å². The number of ether oxygens (including phenoxy) is 2. The fraction of sp³-hybridized carbons (Fsp3) is 0.222. The van der Waals surface area contributed by atoms with Crippen molar-refractivity contribution in [3.05, 3.63) is 59.2 Å². The number of carbonyl (C=O) groups is 2. The monoisotopic (exact) mass is 329 g/mol. The van der Waals surface area contributed by atoms with E-state index in [1.54, 1.807) is 51.5 Å². The summed E-state index contributed by atoms with van der Waals surface area (Å²) in [5, 5.41) is 12.0. The van der Waals surface area contributed by atoms with E-state index in [-0.39, 0.29) is 11.1 Å². The maximum Gasteiger partial charge on any atom is 0.336 e. The second-order valence-electron chi connectivity index (χ2n) is 5.15. The first kappa shape index (κ1) is 17.3. The van der Waals surface area contributed by atoms with E-state index in [0.29, 0.717) is 11.5 Å². The maximum atomic E-state index is 12.5. The molecule has 0 bridgehead atoms. The fourth-order valence-electron chi connectivity index (χ4n) is 2.40. The molecule has 2 aromatic carbocycles. The summed E-state index contributed by atoms with van der Waals surface area (Å²) in [5.74, 6) is -0.370. The highest BCUT2D eigenvalue weighted by molar-refractivity contribution is 6.04. The molecule has 0 saturated heterocycles. The van der Waals surface area contributed by atoms with Crippen LogP contribution in [0.4, 0.5) is 0 Å². The molecule has 0 aromatic heterocycles. The van der Waals surface area contributed by atoms with Gasteiger partial charge in [-0.2, -0.15) is 0 Å². The molecule has 1 atom stereocenters. The number of nitrogens with one attached hydrogen (secondary N) is 1. The Bertz CT molecular complexity index is 757. The van der Waals surface area contributed by atoms with Crippen molar-refractivity contribution in [1.82, 2.24) is 5.32 Å². The molecule has 2 rings (SSSR count). The Morgan fingerprint density at radius 2 is 1.71 bits per heavy atom. The van der Waals surface area contributed by atoms with Crippen LogP contribution >= 0.6 is 0 Å². The van der Waals surface area contributed by atoms with Crippen LogP contribution in [0.25, 0.3) is 0 Å². The van der Waals surface area contributed by atoms with Crippen LogP contribution < -0.4 is 14.8 Å². The molecule has 2 N–H and O–H groups in total. The molecule has 0 aliphatic rings. The lowest BCUT2D eigenvalue weighted by Crippen LogP contribution is -2.28. The van der Waals surface area contributed by atoms with Gasteiger partial charge < -0.3 is 19.9 Å². The largest absolute Gasteiger partial charge is 0.497 e. The first-order chi connectivity index (χ1) is 11.5. The van der Waals surface area contributed by atoms with E-state index in [9.17, 15) is 14.7 Å². The molecule has 0 heterocycles. The number of benzene rings is 2. The van der Waals surface area contributed by atoms with Gasteiger partial charge in [-0.05, 0) is 37.3 Å². The number of aromatic carboxylic acids is 1. The van der Waals surface area contributed by atoms with Crippen LogP contribution in [0, 0.1) is 0 Å². The fourth-order valence-corrected chi connectivity index (χ4v) is 2.40. The number of carboxylic acid groups (broad SMARTS) is 1. The number of amides is 1. The molecule has 1 amide bonds. The normalized spacial score (nSPS) is 11.5. The van der Waals surface area contributed by atoms with E-state index in [1.165, 1.54) is 12.1 Å². The molecule has 126 valence electrons. The number of rotatable bonds is 6. The molecule has 6 nitrogen and oxygen atoms in total. The molecular weight excluding hydrogens is 310 g/mol. The summed E-state index contributed by atoms with van der Waals surface area (Å²) >= 11 is 0. The second kappa shape index (κ2) is 7.50. The molecule has 0 saturated carbocycles. The van der Waals surface area contributed by atoms with Gasteiger partial charge in [-0.25, -0.2) is 4.79 Å². The van der Waals surface area contributed by atoms with Crippen molar-refractivity contribution in [1.29, 1.82) is 0 Å². The summed E-state index contributed by atoms with van der Waals surface area (Å²) in [4.78, 5) is 23.7. The average molecular weight is 329 g/mol. The minimum Gasteiger partial charge on any atom is -0.497 e. The standard InChI is InChI=1S/C18H19NO5/c1-11(15-10-12(23-2)8-9-16(15)24-3)19-17(20)13-6-4-5-7-14(13)18(21)22/h4-11H,1-3H3,(H,19,20)(H,21,22). The van der Waals surface area contributed by atoms with Crippen LogP contribution in [-0.2, 0) is 0 Å². The first-order valence-electron chi connectivity index (χ1n) is 7.33. The summed E-state index contributed by atoms with van der Waals surface area (Å²) in [7, 11) is 3.09. The predicted molar refractivity (Wildman–Crippen MR) is 88.8 cm³/mol. The number of hydrogen-bond donors (Lipinski definition) is 2.